The third-order valence-electron chi connectivity index (χ3n) is 3.46. The molecule has 0 saturated carbocycles. The van der Waals surface area contributed by atoms with Crippen molar-refractivity contribution in [2.24, 2.45) is 5.92 Å². The second-order valence-corrected chi connectivity index (χ2v) is 5.87. The summed E-state index contributed by atoms with van der Waals surface area (Å²) in [4.78, 5) is 4.51. The molecule has 3 heteroatoms. The van der Waals surface area contributed by atoms with Crippen molar-refractivity contribution in [1.29, 1.82) is 0 Å². The van der Waals surface area contributed by atoms with Gasteiger partial charge < -0.3 is 10.4 Å². The van der Waals surface area contributed by atoms with Gasteiger partial charge in [0.15, 0.2) is 0 Å². The quantitative estimate of drug-likeness (QED) is 0.849. The van der Waals surface area contributed by atoms with Crippen molar-refractivity contribution < 1.29 is 5.11 Å². The molecule has 0 radical (unpaired) electrons. The maximum absolute atomic E-state index is 9.38. The molecule has 1 heterocycles. The van der Waals surface area contributed by atoms with Gasteiger partial charge in [0.1, 0.15) is 0 Å². The molecule has 1 unspecified atom stereocenters. The van der Waals surface area contributed by atoms with E-state index in [4.69, 9.17) is 0 Å². The van der Waals surface area contributed by atoms with Crippen LogP contribution in [0.4, 0.5) is 0 Å². The molecule has 0 fully saturated rings. The van der Waals surface area contributed by atoms with Crippen LogP contribution in [0.3, 0.4) is 0 Å². The minimum atomic E-state index is 0.168. The van der Waals surface area contributed by atoms with Crippen LogP contribution in [0, 0.1) is 12.8 Å². The van der Waals surface area contributed by atoms with Gasteiger partial charge in [-0.25, -0.2) is 0 Å². The SMILES string of the molecule is Cc1ccc2cc(CNC(CO)CC(C)C)ccc2n1. The molecule has 0 aliphatic carbocycles. The molecule has 1 aromatic carbocycles. The average Bonchev–Trinajstić information content (AvgIpc) is 2.43. The first-order valence-corrected chi connectivity index (χ1v) is 7.29. The predicted molar refractivity (Wildman–Crippen MR) is 83.6 cm³/mol. The van der Waals surface area contributed by atoms with Gasteiger partial charge >= 0.3 is 0 Å². The van der Waals surface area contributed by atoms with Crippen LogP contribution in [-0.4, -0.2) is 22.7 Å². The number of hydrogen-bond acceptors (Lipinski definition) is 3. The fraction of sp³-hybridized carbons (Fsp3) is 0.471. The Morgan fingerprint density at radius 2 is 2.00 bits per heavy atom. The van der Waals surface area contributed by atoms with E-state index in [0.717, 1.165) is 24.2 Å². The van der Waals surface area contributed by atoms with Gasteiger partial charge in [0, 0.05) is 23.7 Å². The highest BCUT2D eigenvalue weighted by Gasteiger charge is 2.09. The molecule has 0 aliphatic heterocycles. The van der Waals surface area contributed by atoms with Crippen LogP contribution in [0.2, 0.25) is 0 Å². The van der Waals surface area contributed by atoms with Crippen LogP contribution in [0.15, 0.2) is 30.3 Å². The Labute approximate surface area is 121 Å². The monoisotopic (exact) mass is 272 g/mol. The molecule has 0 aliphatic rings. The lowest BCUT2D eigenvalue weighted by Gasteiger charge is -2.18. The van der Waals surface area contributed by atoms with Gasteiger partial charge in [-0.05, 0) is 43.0 Å². The Morgan fingerprint density at radius 1 is 1.20 bits per heavy atom. The van der Waals surface area contributed by atoms with Crippen molar-refractivity contribution in [2.45, 2.75) is 39.8 Å². The van der Waals surface area contributed by atoms with Crippen LogP contribution in [0.5, 0.6) is 0 Å². The second kappa shape index (κ2) is 6.82. The average molecular weight is 272 g/mol. The third-order valence-corrected chi connectivity index (χ3v) is 3.46. The summed E-state index contributed by atoms with van der Waals surface area (Å²) in [5.74, 6) is 0.587. The molecule has 0 spiro atoms. The molecule has 3 nitrogen and oxygen atoms in total. The van der Waals surface area contributed by atoms with Crippen LogP contribution < -0.4 is 5.32 Å². The first kappa shape index (κ1) is 14.9. The minimum absolute atomic E-state index is 0.168. The number of aryl methyl sites for hydroxylation is 1. The van der Waals surface area contributed by atoms with E-state index in [1.54, 1.807) is 0 Å². The molecule has 1 aromatic heterocycles. The molecule has 108 valence electrons. The number of pyridine rings is 1. The summed E-state index contributed by atoms with van der Waals surface area (Å²) >= 11 is 0. The van der Waals surface area contributed by atoms with Gasteiger partial charge in [-0.1, -0.05) is 26.0 Å². The van der Waals surface area contributed by atoms with E-state index >= 15 is 0 Å². The van der Waals surface area contributed by atoms with E-state index in [-0.39, 0.29) is 12.6 Å². The largest absolute Gasteiger partial charge is 0.395 e. The topological polar surface area (TPSA) is 45.1 Å². The van der Waals surface area contributed by atoms with Gasteiger partial charge in [-0.15, -0.1) is 0 Å². The van der Waals surface area contributed by atoms with Crippen molar-refractivity contribution in [3.63, 3.8) is 0 Å². The zero-order valence-electron chi connectivity index (χ0n) is 12.6. The van der Waals surface area contributed by atoms with E-state index in [1.165, 1.54) is 10.9 Å². The summed E-state index contributed by atoms with van der Waals surface area (Å²) < 4.78 is 0. The predicted octanol–water partition coefficient (Wildman–Crippen LogP) is 3.04. The minimum Gasteiger partial charge on any atom is -0.395 e. The molecule has 0 bridgehead atoms. The smallest absolute Gasteiger partial charge is 0.0705 e. The number of rotatable bonds is 6. The van der Waals surface area contributed by atoms with Crippen molar-refractivity contribution in [2.75, 3.05) is 6.61 Å². The van der Waals surface area contributed by atoms with Crippen LogP contribution in [0.1, 0.15) is 31.5 Å². The Bertz CT molecular complexity index is 566. The maximum atomic E-state index is 9.38. The highest BCUT2D eigenvalue weighted by Crippen LogP contribution is 2.15. The van der Waals surface area contributed by atoms with E-state index in [0.29, 0.717) is 5.92 Å². The van der Waals surface area contributed by atoms with Gasteiger partial charge in [-0.2, -0.15) is 0 Å². The fourth-order valence-electron chi connectivity index (χ4n) is 2.44. The molecule has 2 aromatic rings. The van der Waals surface area contributed by atoms with E-state index in [9.17, 15) is 5.11 Å². The lowest BCUT2D eigenvalue weighted by molar-refractivity contribution is 0.223. The summed E-state index contributed by atoms with van der Waals surface area (Å²) in [6.45, 7) is 7.32. The lowest BCUT2D eigenvalue weighted by Crippen LogP contribution is -2.33. The summed E-state index contributed by atoms with van der Waals surface area (Å²) in [5.41, 5.74) is 3.31. The number of aromatic nitrogens is 1. The third kappa shape index (κ3) is 4.02. The van der Waals surface area contributed by atoms with E-state index in [1.807, 2.05) is 13.0 Å². The lowest BCUT2D eigenvalue weighted by atomic mass is 10.0. The number of hydrogen-bond donors (Lipinski definition) is 2. The van der Waals surface area contributed by atoms with Gasteiger partial charge in [0.25, 0.3) is 0 Å². The second-order valence-electron chi connectivity index (χ2n) is 5.87. The molecule has 2 rings (SSSR count). The Kier molecular flexibility index (Phi) is 5.10. The standard InChI is InChI=1S/C17H24N2O/c1-12(2)8-16(11-20)18-10-14-5-7-17-15(9-14)6-4-13(3)19-17/h4-7,9,12,16,18,20H,8,10-11H2,1-3H3. The van der Waals surface area contributed by atoms with Crippen LogP contribution >= 0.6 is 0 Å². The first-order chi connectivity index (χ1) is 9.58. The zero-order valence-corrected chi connectivity index (χ0v) is 12.6. The molecule has 2 N–H and O–H groups in total. The fourth-order valence-corrected chi connectivity index (χ4v) is 2.44. The van der Waals surface area contributed by atoms with Crippen molar-refractivity contribution in [3.8, 4) is 0 Å². The number of nitrogens with zero attached hydrogens (tertiary/aromatic N) is 1. The highest BCUT2D eigenvalue weighted by atomic mass is 16.3. The summed E-state index contributed by atoms with van der Waals surface area (Å²) in [6, 6.07) is 10.6. The Balaban J connectivity index is 2.04. The van der Waals surface area contributed by atoms with Crippen LogP contribution in [0.25, 0.3) is 10.9 Å². The number of benzene rings is 1. The number of fused-ring (bicyclic) bond motifs is 1. The van der Waals surface area contributed by atoms with Gasteiger partial charge in [0.2, 0.25) is 0 Å². The molecular formula is C17H24N2O. The number of nitrogens with one attached hydrogen (secondary N) is 1. The summed E-state index contributed by atoms with van der Waals surface area (Å²) in [7, 11) is 0. The Hall–Kier alpha value is -1.45. The normalized spacial score (nSPS) is 13.1. The van der Waals surface area contributed by atoms with Crippen molar-refractivity contribution >= 4 is 10.9 Å². The molecule has 0 saturated heterocycles. The molecule has 1 atom stereocenters. The number of aliphatic hydroxyl groups is 1. The summed E-state index contributed by atoms with van der Waals surface area (Å²) in [5, 5.41) is 14.0. The van der Waals surface area contributed by atoms with Gasteiger partial charge in [0.05, 0.1) is 12.1 Å². The zero-order chi connectivity index (χ0) is 14.5. The van der Waals surface area contributed by atoms with E-state index < -0.39 is 0 Å². The molecular weight excluding hydrogens is 248 g/mol. The molecule has 20 heavy (non-hydrogen) atoms. The Morgan fingerprint density at radius 3 is 2.70 bits per heavy atom. The van der Waals surface area contributed by atoms with E-state index in [2.05, 4.69) is 48.4 Å². The number of aliphatic hydroxyl groups excluding tert-OH is 1. The van der Waals surface area contributed by atoms with Gasteiger partial charge in [-0.3, -0.25) is 4.98 Å². The highest BCUT2D eigenvalue weighted by molar-refractivity contribution is 5.79. The molecule has 0 amide bonds. The maximum Gasteiger partial charge on any atom is 0.0705 e. The first-order valence-electron chi connectivity index (χ1n) is 7.29. The van der Waals surface area contributed by atoms with Crippen molar-refractivity contribution in [3.05, 3.63) is 41.6 Å². The van der Waals surface area contributed by atoms with Crippen LogP contribution in [-0.2, 0) is 6.54 Å². The summed E-state index contributed by atoms with van der Waals surface area (Å²) in [6.07, 6.45) is 0.991. The van der Waals surface area contributed by atoms with Crippen molar-refractivity contribution in [1.82, 2.24) is 10.3 Å².